The Kier molecular flexibility index (Phi) is 5.28. The molecule has 2 heterocycles. The predicted octanol–water partition coefficient (Wildman–Crippen LogP) is 0.631. The molecule has 0 radical (unpaired) electrons. The number of nitrogens with one attached hydrogen (secondary N) is 3. The maximum atomic E-state index is 13.0. The molecule has 1 saturated carbocycles. The van der Waals surface area contributed by atoms with Crippen LogP contribution in [0.15, 0.2) is 42.5 Å². The second kappa shape index (κ2) is 8.15. The predicted molar refractivity (Wildman–Crippen MR) is 123 cm³/mol. The molecule has 3 fully saturated rings. The van der Waals surface area contributed by atoms with Crippen molar-refractivity contribution >= 4 is 29.0 Å². The Morgan fingerprint density at radius 3 is 2.61 bits per heavy atom. The minimum absolute atomic E-state index is 0.0329. The zero-order valence-electron chi connectivity index (χ0n) is 18.2. The first-order chi connectivity index (χ1) is 15.9. The number of carbonyl (C=O) groups excluding carboxylic acids is 2. The summed E-state index contributed by atoms with van der Waals surface area (Å²) in [4.78, 5) is 27.7. The van der Waals surface area contributed by atoms with E-state index in [0.29, 0.717) is 28.4 Å². The minimum atomic E-state index is -0.441. The molecule has 2 aromatic rings. The van der Waals surface area contributed by atoms with Gasteiger partial charge in [0.2, 0.25) is 0 Å². The number of nitrogens with zero attached hydrogens (tertiary/aromatic N) is 1. The molecule has 172 valence electrons. The summed E-state index contributed by atoms with van der Waals surface area (Å²) in [6.45, 7) is 2.21. The summed E-state index contributed by atoms with van der Waals surface area (Å²) in [5.41, 5.74) is 8.39. The van der Waals surface area contributed by atoms with Gasteiger partial charge in [0.1, 0.15) is 5.82 Å². The number of urea groups is 1. The monoisotopic (exact) mass is 451 g/mol. The highest BCUT2D eigenvalue weighted by Crippen LogP contribution is 2.57. The highest BCUT2D eigenvalue weighted by atomic mass is 19.1. The van der Waals surface area contributed by atoms with Crippen LogP contribution in [0.4, 0.5) is 20.6 Å². The van der Waals surface area contributed by atoms with Crippen LogP contribution in [0.2, 0.25) is 0 Å². The fourth-order valence-corrected chi connectivity index (χ4v) is 5.46. The van der Waals surface area contributed by atoms with Gasteiger partial charge >= 0.3 is 11.9 Å². The summed E-state index contributed by atoms with van der Waals surface area (Å²) in [6, 6.07) is 10.4. The van der Waals surface area contributed by atoms with Crippen molar-refractivity contribution in [1.82, 2.24) is 15.5 Å². The van der Waals surface area contributed by atoms with E-state index in [9.17, 15) is 14.0 Å². The lowest BCUT2D eigenvalue weighted by molar-refractivity contribution is -0.136. The number of benzene rings is 2. The summed E-state index contributed by atoms with van der Waals surface area (Å²) >= 11 is 0. The van der Waals surface area contributed by atoms with Crippen molar-refractivity contribution in [1.29, 1.82) is 0 Å². The summed E-state index contributed by atoms with van der Waals surface area (Å²) < 4.78 is 13.0. The summed E-state index contributed by atoms with van der Waals surface area (Å²) in [6.07, 6.45) is 3.57. The zero-order valence-corrected chi connectivity index (χ0v) is 18.2. The van der Waals surface area contributed by atoms with Crippen molar-refractivity contribution in [3.8, 4) is 0 Å². The smallest absolute Gasteiger partial charge is 0.319 e. The number of rotatable bonds is 6. The standard InChI is InChI=1S/C24H27FN6O2/c25-15-3-1-14(2-4-15)12-28-23(33)29-16-5-6-19(26)17(11-16)21(27)22(32)30-20-13-31-10-9-24(31)8-7-18(20)24/h1-6,11,18,20,27H,7-10,12-13,26H2,(H,30,32)(H2,28,29,33)/p+1. The van der Waals surface area contributed by atoms with Gasteiger partial charge in [0.05, 0.1) is 5.56 Å². The minimum Gasteiger partial charge on any atom is -0.398 e. The van der Waals surface area contributed by atoms with Gasteiger partial charge in [0.15, 0.2) is 0 Å². The van der Waals surface area contributed by atoms with Gasteiger partial charge in [-0.1, -0.05) is 12.1 Å². The third-order valence-electron chi connectivity index (χ3n) is 7.45. The van der Waals surface area contributed by atoms with Crippen LogP contribution in [-0.4, -0.2) is 47.2 Å². The Bertz CT molecular complexity index is 1120. The molecular formula is C24H28FN6O2+. The average molecular weight is 452 g/mol. The molecule has 1 spiro atoms. The second-order valence-electron chi connectivity index (χ2n) is 9.17. The molecule has 3 unspecified atom stereocenters. The highest BCUT2D eigenvalue weighted by Gasteiger charge is 2.63. The molecule has 1 aliphatic carbocycles. The number of nitrogen functional groups attached to an aromatic ring is 1. The van der Waals surface area contributed by atoms with Crippen LogP contribution in [0.1, 0.15) is 30.4 Å². The highest BCUT2D eigenvalue weighted by molar-refractivity contribution is 6.44. The molecule has 3 amide bonds. The van der Waals surface area contributed by atoms with E-state index in [4.69, 9.17) is 11.1 Å². The summed E-state index contributed by atoms with van der Waals surface area (Å²) in [5.74, 6) is -0.173. The van der Waals surface area contributed by atoms with Crippen molar-refractivity contribution in [2.45, 2.75) is 37.4 Å². The SMILES string of the molecule is Nc1ccc(NC(=O)NCc2ccc(F)cc2)cc1C(=[NH2+])C(=O)NC1CN2CCC23CCC13. The molecule has 2 aromatic carbocycles. The van der Waals surface area contributed by atoms with Gasteiger partial charge in [0.25, 0.3) is 5.71 Å². The molecule has 0 bridgehead atoms. The summed E-state index contributed by atoms with van der Waals surface area (Å²) in [7, 11) is 0. The van der Waals surface area contributed by atoms with Gasteiger partial charge in [-0.25, -0.2) is 14.6 Å². The quantitative estimate of drug-likeness (QED) is 0.326. The van der Waals surface area contributed by atoms with Crippen LogP contribution < -0.4 is 27.1 Å². The first-order valence-electron chi connectivity index (χ1n) is 11.2. The largest absolute Gasteiger partial charge is 0.398 e. The average Bonchev–Trinajstić information content (AvgIpc) is 2.89. The van der Waals surface area contributed by atoms with Gasteiger partial charge in [-0.15, -0.1) is 0 Å². The maximum Gasteiger partial charge on any atom is 0.319 e. The molecule has 0 aromatic heterocycles. The van der Waals surface area contributed by atoms with E-state index in [1.165, 1.54) is 25.0 Å². The van der Waals surface area contributed by atoms with Crippen LogP contribution in [-0.2, 0) is 11.3 Å². The molecule has 2 aliphatic heterocycles. The topological polar surface area (TPSA) is 125 Å². The molecule has 7 N–H and O–H groups in total. The van der Waals surface area contributed by atoms with Crippen molar-refractivity contribution in [3.05, 3.63) is 59.4 Å². The Hall–Kier alpha value is -3.46. The van der Waals surface area contributed by atoms with Gasteiger partial charge < -0.3 is 21.7 Å². The maximum absolute atomic E-state index is 13.0. The second-order valence-corrected chi connectivity index (χ2v) is 9.17. The normalized spacial score (nSPS) is 25.1. The van der Waals surface area contributed by atoms with Crippen molar-refractivity contribution < 1.29 is 19.4 Å². The Labute approximate surface area is 191 Å². The zero-order chi connectivity index (χ0) is 23.2. The van der Waals surface area contributed by atoms with E-state index < -0.39 is 6.03 Å². The number of halogens is 1. The molecule has 2 saturated heterocycles. The lowest BCUT2D eigenvalue weighted by Gasteiger charge is -2.58. The van der Waals surface area contributed by atoms with Crippen LogP contribution in [0.25, 0.3) is 0 Å². The Balaban J connectivity index is 1.19. The van der Waals surface area contributed by atoms with E-state index >= 15 is 0 Å². The number of nitrogens with two attached hydrogens (primary N) is 2. The first kappa shape index (κ1) is 21.4. The van der Waals surface area contributed by atoms with Crippen LogP contribution in [0.5, 0.6) is 0 Å². The molecule has 3 atom stereocenters. The van der Waals surface area contributed by atoms with Crippen molar-refractivity contribution in [2.75, 3.05) is 24.1 Å². The van der Waals surface area contributed by atoms with Gasteiger partial charge in [-0.3, -0.25) is 9.69 Å². The van der Waals surface area contributed by atoms with Crippen LogP contribution >= 0.6 is 0 Å². The van der Waals surface area contributed by atoms with E-state index in [-0.39, 0.29) is 30.0 Å². The number of carbonyl (C=O) groups is 2. The molecular weight excluding hydrogens is 423 g/mol. The molecule has 9 heteroatoms. The fraction of sp³-hybridized carbons (Fsp3) is 0.375. The van der Waals surface area contributed by atoms with E-state index in [2.05, 4.69) is 20.9 Å². The Morgan fingerprint density at radius 2 is 1.97 bits per heavy atom. The van der Waals surface area contributed by atoms with Crippen LogP contribution in [0.3, 0.4) is 0 Å². The van der Waals surface area contributed by atoms with E-state index in [1.807, 2.05) is 0 Å². The lowest BCUT2D eigenvalue weighted by atomic mass is 9.61. The van der Waals surface area contributed by atoms with Gasteiger partial charge in [-0.05, 0) is 61.1 Å². The number of anilines is 2. The van der Waals surface area contributed by atoms with Crippen LogP contribution in [0, 0.1) is 11.7 Å². The summed E-state index contributed by atoms with van der Waals surface area (Å²) in [5, 5.41) is 14.7. The third kappa shape index (κ3) is 3.82. The van der Waals surface area contributed by atoms with E-state index in [0.717, 1.165) is 25.1 Å². The number of hydrogen-bond acceptors (Lipinski definition) is 4. The molecule has 8 nitrogen and oxygen atoms in total. The fourth-order valence-electron chi connectivity index (χ4n) is 5.46. The lowest BCUT2D eigenvalue weighted by Crippen LogP contribution is -2.64. The molecule has 5 rings (SSSR count). The van der Waals surface area contributed by atoms with E-state index in [1.54, 1.807) is 30.3 Å². The van der Waals surface area contributed by atoms with Gasteiger partial charge in [0, 0.05) is 42.6 Å². The number of hydrogen-bond donors (Lipinski definition) is 5. The van der Waals surface area contributed by atoms with Gasteiger partial charge in [-0.2, -0.15) is 0 Å². The first-order valence-corrected chi connectivity index (χ1v) is 11.2. The number of amides is 3. The van der Waals surface area contributed by atoms with Crippen molar-refractivity contribution in [2.24, 2.45) is 5.92 Å². The third-order valence-corrected chi connectivity index (χ3v) is 7.45. The molecule has 3 aliphatic rings. The van der Waals surface area contributed by atoms with Crippen molar-refractivity contribution in [3.63, 3.8) is 0 Å². The Morgan fingerprint density at radius 1 is 1.18 bits per heavy atom. The molecule has 33 heavy (non-hydrogen) atoms.